The van der Waals surface area contributed by atoms with E-state index in [0.717, 1.165) is 5.56 Å². The number of aliphatic carboxylic acids is 1. The predicted octanol–water partition coefficient (Wildman–Crippen LogP) is 3.59. The Labute approximate surface area is 141 Å². The molecule has 2 atom stereocenters. The summed E-state index contributed by atoms with van der Waals surface area (Å²) in [5.41, 5.74) is 0.315. The van der Waals surface area contributed by atoms with Crippen molar-refractivity contribution in [1.29, 1.82) is 0 Å². The summed E-state index contributed by atoms with van der Waals surface area (Å²) in [6.07, 6.45) is 0.467. The lowest BCUT2D eigenvalue weighted by Crippen LogP contribution is -2.43. The van der Waals surface area contributed by atoms with Crippen LogP contribution >= 0.6 is 11.6 Å². The lowest BCUT2D eigenvalue weighted by atomic mass is 9.97. The minimum atomic E-state index is -1.00. The van der Waals surface area contributed by atoms with Crippen LogP contribution in [-0.4, -0.2) is 40.3 Å². The average molecular weight is 340 g/mol. The maximum atomic E-state index is 12.3. The highest BCUT2D eigenvalue weighted by Gasteiger charge is 2.41. The molecule has 0 saturated carbocycles. The summed E-state index contributed by atoms with van der Waals surface area (Å²) in [5.74, 6) is -0.957. The molecule has 1 aliphatic rings. The summed E-state index contributed by atoms with van der Waals surface area (Å²) < 4.78 is 5.32. The number of hydrogen-bond acceptors (Lipinski definition) is 3. The van der Waals surface area contributed by atoms with Gasteiger partial charge in [0.05, 0.1) is 0 Å². The number of carboxylic acids is 1. The second-order valence-corrected chi connectivity index (χ2v) is 7.29. The zero-order valence-corrected chi connectivity index (χ0v) is 14.3. The molecule has 1 heterocycles. The molecule has 1 aromatic carbocycles. The number of ether oxygens (including phenoxy) is 1. The van der Waals surface area contributed by atoms with Crippen molar-refractivity contribution in [3.63, 3.8) is 0 Å². The largest absolute Gasteiger partial charge is 0.480 e. The third-order valence-electron chi connectivity index (χ3n) is 3.77. The normalized spacial score (nSPS) is 21.3. The van der Waals surface area contributed by atoms with Gasteiger partial charge < -0.3 is 9.84 Å². The number of hydrogen-bond donors (Lipinski definition) is 1. The van der Waals surface area contributed by atoms with Crippen molar-refractivity contribution in [2.24, 2.45) is 5.92 Å². The highest BCUT2D eigenvalue weighted by Crippen LogP contribution is 2.30. The van der Waals surface area contributed by atoms with Crippen LogP contribution in [0.25, 0.3) is 0 Å². The van der Waals surface area contributed by atoms with E-state index in [2.05, 4.69) is 0 Å². The molecule has 0 aliphatic carbocycles. The quantitative estimate of drug-likeness (QED) is 0.913. The van der Waals surface area contributed by atoms with E-state index in [1.165, 1.54) is 4.90 Å². The van der Waals surface area contributed by atoms with E-state index >= 15 is 0 Å². The molecule has 0 aromatic heterocycles. The molecule has 0 radical (unpaired) electrons. The molecular formula is C17H22ClNO4. The van der Waals surface area contributed by atoms with Gasteiger partial charge in [-0.3, -0.25) is 4.90 Å². The fourth-order valence-corrected chi connectivity index (χ4v) is 3.02. The standard InChI is InChI=1S/C17H22ClNO4/c1-17(2,3)23-16(22)19-10-11(9-14(19)15(20)21)8-12-6-4-5-7-13(12)18/h4-7,11,14H,8-10H2,1-3H3,(H,20,21)/t11-,14+/m1/s1. The lowest BCUT2D eigenvalue weighted by Gasteiger charge is -2.26. The first kappa shape index (κ1) is 17.6. The van der Waals surface area contributed by atoms with E-state index < -0.39 is 23.7 Å². The first-order valence-electron chi connectivity index (χ1n) is 7.63. The van der Waals surface area contributed by atoms with Gasteiger partial charge in [0, 0.05) is 11.6 Å². The summed E-state index contributed by atoms with van der Waals surface area (Å²) in [6.45, 7) is 5.64. The Bertz CT molecular complexity index is 597. The minimum Gasteiger partial charge on any atom is -0.480 e. The summed E-state index contributed by atoms with van der Waals surface area (Å²) in [6, 6.07) is 6.64. The highest BCUT2D eigenvalue weighted by atomic mass is 35.5. The fraction of sp³-hybridized carbons (Fsp3) is 0.529. The molecule has 2 rings (SSSR count). The molecule has 1 aliphatic heterocycles. The molecule has 0 unspecified atom stereocenters. The third kappa shape index (κ3) is 4.61. The van der Waals surface area contributed by atoms with Crippen LogP contribution in [0.1, 0.15) is 32.8 Å². The van der Waals surface area contributed by atoms with Gasteiger partial charge in [-0.1, -0.05) is 29.8 Å². The summed E-state index contributed by atoms with van der Waals surface area (Å²) in [4.78, 5) is 25.0. The van der Waals surface area contributed by atoms with Crippen LogP contribution in [0.2, 0.25) is 5.02 Å². The van der Waals surface area contributed by atoms with Crippen LogP contribution in [0.15, 0.2) is 24.3 Å². The van der Waals surface area contributed by atoms with Gasteiger partial charge in [-0.2, -0.15) is 0 Å². The Balaban J connectivity index is 2.10. The third-order valence-corrected chi connectivity index (χ3v) is 4.14. The van der Waals surface area contributed by atoms with Crippen molar-refractivity contribution in [3.05, 3.63) is 34.9 Å². The Hall–Kier alpha value is -1.75. The molecule has 1 fully saturated rings. The topological polar surface area (TPSA) is 66.8 Å². The van der Waals surface area contributed by atoms with Crippen LogP contribution < -0.4 is 0 Å². The van der Waals surface area contributed by atoms with Crippen LogP contribution in [-0.2, 0) is 16.0 Å². The number of amides is 1. The molecule has 5 nitrogen and oxygen atoms in total. The number of halogens is 1. The SMILES string of the molecule is CC(C)(C)OC(=O)N1C[C@H](Cc2ccccc2Cl)C[C@H]1C(=O)O. The number of benzene rings is 1. The zero-order valence-electron chi connectivity index (χ0n) is 13.6. The molecule has 0 bridgehead atoms. The van der Waals surface area contributed by atoms with Crippen LogP contribution in [0.4, 0.5) is 4.79 Å². The molecule has 1 amide bonds. The predicted molar refractivity (Wildman–Crippen MR) is 87.6 cm³/mol. The molecule has 1 N–H and O–H groups in total. The number of carbonyl (C=O) groups is 2. The van der Waals surface area contributed by atoms with Crippen LogP contribution in [0, 0.1) is 5.92 Å². The van der Waals surface area contributed by atoms with Crippen molar-refractivity contribution in [3.8, 4) is 0 Å². The maximum absolute atomic E-state index is 12.3. The number of rotatable bonds is 3. The fourth-order valence-electron chi connectivity index (χ4n) is 2.80. The lowest BCUT2D eigenvalue weighted by molar-refractivity contribution is -0.142. The van der Waals surface area contributed by atoms with Crippen molar-refractivity contribution in [2.45, 2.75) is 45.3 Å². The summed E-state index contributed by atoms with van der Waals surface area (Å²) in [5, 5.41) is 10.1. The number of carboxylic acid groups (broad SMARTS) is 1. The second kappa shape index (κ2) is 6.79. The van der Waals surface area contributed by atoms with E-state index in [9.17, 15) is 14.7 Å². The molecular weight excluding hydrogens is 318 g/mol. The van der Waals surface area contributed by atoms with Gasteiger partial charge in [-0.25, -0.2) is 9.59 Å². The van der Waals surface area contributed by atoms with Crippen molar-refractivity contribution in [1.82, 2.24) is 4.90 Å². The van der Waals surface area contributed by atoms with Gasteiger partial charge in [0.2, 0.25) is 0 Å². The Kier molecular flexibility index (Phi) is 5.19. The Morgan fingerprint density at radius 3 is 2.57 bits per heavy atom. The van der Waals surface area contributed by atoms with E-state index in [1.54, 1.807) is 20.8 Å². The van der Waals surface area contributed by atoms with E-state index in [4.69, 9.17) is 16.3 Å². The number of nitrogens with zero attached hydrogens (tertiary/aromatic N) is 1. The van der Waals surface area contributed by atoms with Crippen molar-refractivity contribution in [2.75, 3.05) is 6.54 Å². The van der Waals surface area contributed by atoms with Crippen molar-refractivity contribution >= 4 is 23.7 Å². The smallest absolute Gasteiger partial charge is 0.411 e. The van der Waals surface area contributed by atoms with E-state index in [1.807, 2.05) is 24.3 Å². The maximum Gasteiger partial charge on any atom is 0.411 e. The zero-order chi connectivity index (χ0) is 17.2. The van der Waals surface area contributed by atoms with E-state index in [0.29, 0.717) is 24.4 Å². The van der Waals surface area contributed by atoms with Crippen LogP contribution in [0.3, 0.4) is 0 Å². The number of carbonyl (C=O) groups excluding carboxylic acids is 1. The first-order chi connectivity index (χ1) is 10.7. The van der Waals surface area contributed by atoms with Gasteiger partial charge in [0.15, 0.2) is 0 Å². The molecule has 23 heavy (non-hydrogen) atoms. The van der Waals surface area contributed by atoms with Crippen LogP contribution in [0.5, 0.6) is 0 Å². The van der Waals surface area contributed by atoms with Gasteiger partial charge in [-0.15, -0.1) is 0 Å². The van der Waals surface area contributed by atoms with E-state index in [-0.39, 0.29) is 5.92 Å². The minimum absolute atomic E-state index is 0.0449. The van der Waals surface area contributed by atoms with Gasteiger partial charge >= 0.3 is 12.1 Å². The highest BCUT2D eigenvalue weighted by molar-refractivity contribution is 6.31. The van der Waals surface area contributed by atoms with Gasteiger partial charge in [0.1, 0.15) is 11.6 Å². The molecule has 1 aromatic rings. The Morgan fingerprint density at radius 1 is 1.35 bits per heavy atom. The molecule has 6 heteroatoms. The number of likely N-dealkylation sites (tertiary alicyclic amines) is 1. The first-order valence-corrected chi connectivity index (χ1v) is 8.01. The average Bonchev–Trinajstić information content (AvgIpc) is 2.84. The monoisotopic (exact) mass is 339 g/mol. The second-order valence-electron chi connectivity index (χ2n) is 6.88. The van der Waals surface area contributed by atoms with Gasteiger partial charge in [-0.05, 0) is 51.2 Å². The molecule has 1 saturated heterocycles. The summed E-state index contributed by atoms with van der Waals surface area (Å²) >= 11 is 6.17. The molecule has 126 valence electrons. The van der Waals surface area contributed by atoms with Crippen molar-refractivity contribution < 1.29 is 19.4 Å². The molecule has 0 spiro atoms. The van der Waals surface area contributed by atoms with Gasteiger partial charge in [0.25, 0.3) is 0 Å². The summed E-state index contributed by atoms with van der Waals surface area (Å²) in [7, 11) is 0. The Morgan fingerprint density at radius 2 is 2.00 bits per heavy atom.